The zero-order valence-corrected chi connectivity index (χ0v) is 10.8. The van der Waals surface area contributed by atoms with Crippen LogP contribution in [0, 0.1) is 13.8 Å². The Morgan fingerprint density at radius 2 is 2.12 bits per heavy atom. The van der Waals surface area contributed by atoms with Crippen molar-refractivity contribution in [2.24, 2.45) is 11.5 Å². The quantitative estimate of drug-likeness (QED) is 0.750. The molecule has 0 aliphatic heterocycles. The molecule has 16 heavy (non-hydrogen) atoms. The zero-order valence-electron chi connectivity index (χ0n) is 9.95. The monoisotopic (exact) mass is 240 g/mol. The number of amides is 1. The van der Waals surface area contributed by atoms with Crippen LogP contribution in [0.1, 0.15) is 47.0 Å². The van der Waals surface area contributed by atoms with Crippen molar-refractivity contribution in [3.05, 3.63) is 21.4 Å². The molecule has 0 saturated carbocycles. The standard InChI is InChI=1S/C12H20N2OS/c1-8-7-10(9(2)16-8)11(13)5-3-4-6-12(14)15/h7,11H,3-6,13H2,1-2H3,(H2,14,15). The van der Waals surface area contributed by atoms with E-state index >= 15 is 0 Å². The molecule has 1 aromatic rings. The predicted molar refractivity (Wildman–Crippen MR) is 68.4 cm³/mol. The number of rotatable bonds is 6. The van der Waals surface area contributed by atoms with Crippen LogP contribution < -0.4 is 11.5 Å². The Hall–Kier alpha value is -0.870. The summed E-state index contributed by atoms with van der Waals surface area (Å²) in [6.45, 7) is 4.21. The first-order valence-corrected chi connectivity index (χ1v) is 6.43. The fourth-order valence-electron chi connectivity index (χ4n) is 1.84. The van der Waals surface area contributed by atoms with Crippen LogP contribution in [0.4, 0.5) is 0 Å². The van der Waals surface area contributed by atoms with E-state index in [1.54, 1.807) is 11.3 Å². The van der Waals surface area contributed by atoms with E-state index in [1.807, 2.05) is 0 Å². The Bertz CT molecular complexity index is 360. The SMILES string of the molecule is Cc1cc(C(N)CCCCC(N)=O)c(C)s1. The average molecular weight is 240 g/mol. The summed E-state index contributed by atoms with van der Waals surface area (Å²) in [5, 5.41) is 0. The van der Waals surface area contributed by atoms with Gasteiger partial charge in [-0.2, -0.15) is 0 Å². The zero-order chi connectivity index (χ0) is 12.1. The van der Waals surface area contributed by atoms with Gasteiger partial charge in [0.2, 0.25) is 5.91 Å². The Morgan fingerprint density at radius 3 is 2.62 bits per heavy atom. The van der Waals surface area contributed by atoms with Crippen molar-refractivity contribution in [2.75, 3.05) is 0 Å². The number of hydrogen-bond acceptors (Lipinski definition) is 3. The Kier molecular flexibility index (Phi) is 4.96. The van der Waals surface area contributed by atoms with Gasteiger partial charge >= 0.3 is 0 Å². The van der Waals surface area contributed by atoms with Gasteiger partial charge in [-0.25, -0.2) is 0 Å². The van der Waals surface area contributed by atoms with Gasteiger partial charge in [0, 0.05) is 22.2 Å². The first kappa shape index (κ1) is 13.2. The van der Waals surface area contributed by atoms with E-state index < -0.39 is 0 Å². The average Bonchev–Trinajstić information content (AvgIpc) is 2.52. The van der Waals surface area contributed by atoms with Gasteiger partial charge in [0.25, 0.3) is 0 Å². The fourth-order valence-corrected chi connectivity index (χ4v) is 2.83. The highest BCUT2D eigenvalue weighted by Crippen LogP contribution is 2.27. The minimum atomic E-state index is -0.226. The number of thiophene rings is 1. The van der Waals surface area contributed by atoms with Crippen LogP contribution in [0.2, 0.25) is 0 Å². The molecule has 0 radical (unpaired) electrons. The van der Waals surface area contributed by atoms with E-state index in [-0.39, 0.29) is 11.9 Å². The summed E-state index contributed by atoms with van der Waals surface area (Å²) < 4.78 is 0. The summed E-state index contributed by atoms with van der Waals surface area (Å²) in [5.41, 5.74) is 12.4. The molecule has 0 aliphatic rings. The molecule has 1 amide bonds. The van der Waals surface area contributed by atoms with Gasteiger partial charge in [-0.05, 0) is 38.3 Å². The fraction of sp³-hybridized carbons (Fsp3) is 0.583. The molecular weight excluding hydrogens is 220 g/mol. The van der Waals surface area contributed by atoms with Gasteiger partial charge in [-0.1, -0.05) is 6.42 Å². The van der Waals surface area contributed by atoms with Crippen molar-refractivity contribution >= 4 is 17.2 Å². The summed E-state index contributed by atoms with van der Waals surface area (Å²) in [6.07, 6.45) is 3.18. The molecule has 1 unspecified atom stereocenters. The molecule has 1 atom stereocenters. The molecular formula is C12H20N2OS. The van der Waals surface area contributed by atoms with Crippen LogP contribution in [0.5, 0.6) is 0 Å². The summed E-state index contributed by atoms with van der Waals surface area (Å²) in [7, 11) is 0. The second-order valence-electron chi connectivity index (χ2n) is 4.19. The third kappa shape index (κ3) is 3.94. The van der Waals surface area contributed by atoms with Crippen molar-refractivity contribution in [1.82, 2.24) is 0 Å². The molecule has 1 heterocycles. The van der Waals surface area contributed by atoms with Crippen LogP contribution >= 0.6 is 11.3 Å². The minimum Gasteiger partial charge on any atom is -0.370 e. The lowest BCUT2D eigenvalue weighted by Crippen LogP contribution is -2.12. The number of aryl methyl sites for hydroxylation is 2. The molecule has 3 nitrogen and oxygen atoms in total. The van der Waals surface area contributed by atoms with Crippen LogP contribution in [0.3, 0.4) is 0 Å². The van der Waals surface area contributed by atoms with Crippen LogP contribution in [0.15, 0.2) is 6.07 Å². The highest BCUT2D eigenvalue weighted by Gasteiger charge is 2.11. The number of unbranched alkanes of at least 4 members (excludes halogenated alkanes) is 1. The smallest absolute Gasteiger partial charge is 0.217 e. The minimum absolute atomic E-state index is 0.0952. The Balaban J connectivity index is 2.38. The Labute approximate surface area is 101 Å². The third-order valence-electron chi connectivity index (χ3n) is 2.67. The molecule has 0 aliphatic carbocycles. The van der Waals surface area contributed by atoms with Crippen molar-refractivity contribution in [2.45, 2.75) is 45.6 Å². The van der Waals surface area contributed by atoms with Crippen molar-refractivity contribution in [1.29, 1.82) is 0 Å². The number of carbonyl (C=O) groups excluding carboxylic acids is 1. The molecule has 4 N–H and O–H groups in total. The second-order valence-corrected chi connectivity index (χ2v) is 5.65. The van der Waals surface area contributed by atoms with Crippen LogP contribution in [0.25, 0.3) is 0 Å². The van der Waals surface area contributed by atoms with Crippen LogP contribution in [-0.2, 0) is 4.79 Å². The first-order chi connectivity index (χ1) is 7.50. The normalized spacial score (nSPS) is 12.7. The molecule has 1 rings (SSSR count). The first-order valence-electron chi connectivity index (χ1n) is 5.61. The molecule has 4 heteroatoms. The summed E-state index contributed by atoms with van der Waals surface area (Å²) in [6, 6.07) is 2.26. The maximum atomic E-state index is 10.6. The van der Waals surface area contributed by atoms with Gasteiger partial charge in [0.05, 0.1) is 0 Å². The molecule has 0 saturated heterocycles. The van der Waals surface area contributed by atoms with Gasteiger partial charge in [-0.3, -0.25) is 4.79 Å². The topological polar surface area (TPSA) is 69.1 Å². The van der Waals surface area contributed by atoms with E-state index in [0.29, 0.717) is 6.42 Å². The molecule has 0 bridgehead atoms. The second kappa shape index (κ2) is 6.01. The summed E-state index contributed by atoms with van der Waals surface area (Å²) in [4.78, 5) is 13.2. The maximum Gasteiger partial charge on any atom is 0.217 e. The predicted octanol–water partition coefficient (Wildman–Crippen LogP) is 2.41. The summed E-state index contributed by atoms with van der Waals surface area (Å²) >= 11 is 1.79. The molecule has 90 valence electrons. The summed E-state index contributed by atoms with van der Waals surface area (Å²) in [5.74, 6) is -0.226. The van der Waals surface area contributed by atoms with Crippen LogP contribution in [-0.4, -0.2) is 5.91 Å². The lowest BCUT2D eigenvalue weighted by Gasteiger charge is -2.10. The number of carbonyl (C=O) groups is 1. The third-order valence-corrected chi connectivity index (χ3v) is 3.65. The van der Waals surface area contributed by atoms with Gasteiger partial charge in [0.1, 0.15) is 0 Å². The molecule has 1 aromatic heterocycles. The van der Waals surface area contributed by atoms with E-state index in [0.717, 1.165) is 19.3 Å². The highest BCUT2D eigenvalue weighted by molar-refractivity contribution is 7.12. The van der Waals surface area contributed by atoms with E-state index in [9.17, 15) is 4.79 Å². The maximum absolute atomic E-state index is 10.6. The highest BCUT2D eigenvalue weighted by atomic mass is 32.1. The number of primary amides is 1. The van der Waals surface area contributed by atoms with Gasteiger partial charge in [0.15, 0.2) is 0 Å². The number of nitrogens with two attached hydrogens (primary N) is 2. The molecule has 0 spiro atoms. The van der Waals surface area contributed by atoms with E-state index in [2.05, 4.69) is 19.9 Å². The Morgan fingerprint density at radius 1 is 1.44 bits per heavy atom. The van der Waals surface area contributed by atoms with Gasteiger partial charge < -0.3 is 11.5 Å². The van der Waals surface area contributed by atoms with Crippen molar-refractivity contribution in [3.8, 4) is 0 Å². The van der Waals surface area contributed by atoms with E-state index in [1.165, 1.54) is 15.3 Å². The lowest BCUT2D eigenvalue weighted by molar-refractivity contribution is -0.118. The molecule has 0 fully saturated rings. The van der Waals surface area contributed by atoms with E-state index in [4.69, 9.17) is 11.5 Å². The van der Waals surface area contributed by atoms with Crippen molar-refractivity contribution in [3.63, 3.8) is 0 Å². The number of hydrogen-bond donors (Lipinski definition) is 2. The lowest BCUT2D eigenvalue weighted by atomic mass is 10.0. The molecule has 0 aromatic carbocycles. The van der Waals surface area contributed by atoms with Gasteiger partial charge in [-0.15, -0.1) is 11.3 Å². The van der Waals surface area contributed by atoms with Crippen molar-refractivity contribution < 1.29 is 4.79 Å². The largest absolute Gasteiger partial charge is 0.370 e.